The zero-order valence-electron chi connectivity index (χ0n) is 16.6. The number of methoxy groups -OCH3 is 1. The lowest BCUT2D eigenvalue weighted by molar-refractivity contribution is -0.173. The highest BCUT2D eigenvalue weighted by Gasteiger charge is 2.47. The first-order valence-corrected chi connectivity index (χ1v) is 9.58. The Bertz CT molecular complexity index is 1070. The van der Waals surface area contributed by atoms with Gasteiger partial charge in [-0.2, -0.15) is 18.3 Å². The van der Waals surface area contributed by atoms with Crippen LogP contribution in [-0.2, 0) is 6.54 Å². The molecule has 3 heterocycles. The first-order chi connectivity index (χ1) is 14.9. The average molecular weight is 431 g/mol. The van der Waals surface area contributed by atoms with Crippen LogP contribution in [-0.4, -0.2) is 34.0 Å². The number of benzene rings is 1. The maximum absolute atomic E-state index is 13.8. The van der Waals surface area contributed by atoms with Gasteiger partial charge in [-0.25, -0.2) is 4.68 Å². The summed E-state index contributed by atoms with van der Waals surface area (Å²) in [5.74, 6) is 0.0475. The summed E-state index contributed by atoms with van der Waals surface area (Å²) in [6.45, 7) is 0.194. The number of ether oxygens (including phenoxy) is 1. The highest BCUT2D eigenvalue weighted by molar-refractivity contribution is 5.98. The molecule has 0 saturated heterocycles. The largest absolute Gasteiger partial charge is 0.497 e. The number of carbonyl (C=O) groups excluding carboxylic acids is 1. The fourth-order valence-electron chi connectivity index (χ4n) is 3.59. The highest BCUT2D eigenvalue weighted by atomic mass is 19.4. The standard InChI is InChI=1S/C21H20F3N5O2/c1-31-15-6-2-5-14(8-15)17-9-18(21(22,23)24)29-19(28-17)16(12-27-29)20(30)26-11-13-4-3-7-25-10-13/h2-8,10,12,17-18,28H,9,11H2,1H3,(H,26,30)/t17-,18-/m1/s1. The monoisotopic (exact) mass is 431 g/mol. The number of rotatable bonds is 5. The quantitative estimate of drug-likeness (QED) is 0.641. The molecular formula is C21H20F3N5O2. The summed E-state index contributed by atoms with van der Waals surface area (Å²) in [6.07, 6.45) is -0.414. The summed E-state index contributed by atoms with van der Waals surface area (Å²) in [6, 6.07) is 7.83. The smallest absolute Gasteiger partial charge is 0.410 e. The average Bonchev–Trinajstić information content (AvgIpc) is 3.21. The van der Waals surface area contributed by atoms with Crippen molar-refractivity contribution in [2.75, 3.05) is 12.4 Å². The van der Waals surface area contributed by atoms with E-state index in [-0.39, 0.29) is 24.3 Å². The van der Waals surface area contributed by atoms with Crippen molar-refractivity contribution in [1.82, 2.24) is 20.1 Å². The molecular weight excluding hydrogens is 411 g/mol. The lowest BCUT2D eigenvalue weighted by Gasteiger charge is -2.34. The van der Waals surface area contributed by atoms with Crippen LogP contribution >= 0.6 is 0 Å². The Hall–Kier alpha value is -3.56. The van der Waals surface area contributed by atoms with Crippen LogP contribution in [0.5, 0.6) is 5.75 Å². The molecule has 2 N–H and O–H groups in total. The Morgan fingerprint density at radius 2 is 2.13 bits per heavy atom. The third-order valence-corrected chi connectivity index (χ3v) is 5.16. The molecule has 0 unspecified atom stereocenters. The van der Waals surface area contributed by atoms with Crippen molar-refractivity contribution < 1.29 is 22.7 Å². The summed E-state index contributed by atoms with van der Waals surface area (Å²) in [7, 11) is 1.49. The molecule has 162 valence electrons. The number of nitrogens with one attached hydrogen (secondary N) is 2. The predicted molar refractivity (Wildman–Crippen MR) is 107 cm³/mol. The number of anilines is 1. The Kier molecular flexibility index (Phi) is 5.53. The molecule has 0 saturated carbocycles. The molecule has 1 aliphatic rings. The van der Waals surface area contributed by atoms with E-state index in [1.807, 2.05) is 0 Å². The number of carbonyl (C=O) groups is 1. The maximum atomic E-state index is 13.8. The minimum atomic E-state index is -4.52. The maximum Gasteiger partial charge on any atom is 0.410 e. The highest BCUT2D eigenvalue weighted by Crippen LogP contribution is 2.44. The van der Waals surface area contributed by atoms with Crippen molar-refractivity contribution in [2.24, 2.45) is 0 Å². The zero-order chi connectivity index (χ0) is 22.0. The molecule has 1 aromatic carbocycles. The van der Waals surface area contributed by atoms with Crippen LogP contribution in [0.3, 0.4) is 0 Å². The molecule has 7 nitrogen and oxygen atoms in total. The topological polar surface area (TPSA) is 81.1 Å². The van der Waals surface area contributed by atoms with Gasteiger partial charge in [0.25, 0.3) is 5.91 Å². The second-order valence-corrected chi connectivity index (χ2v) is 7.16. The third-order valence-electron chi connectivity index (χ3n) is 5.16. The summed E-state index contributed by atoms with van der Waals surface area (Å²) < 4.78 is 47.5. The van der Waals surface area contributed by atoms with Gasteiger partial charge in [0.1, 0.15) is 17.1 Å². The molecule has 0 bridgehead atoms. The van der Waals surface area contributed by atoms with Gasteiger partial charge in [0.2, 0.25) is 0 Å². The summed E-state index contributed by atoms with van der Waals surface area (Å²) >= 11 is 0. The molecule has 2 atom stereocenters. The fraction of sp³-hybridized carbons (Fsp3) is 0.286. The van der Waals surface area contributed by atoms with Crippen LogP contribution in [0.1, 0.15) is 40.0 Å². The summed E-state index contributed by atoms with van der Waals surface area (Å²) in [5, 5.41) is 9.65. The van der Waals surface area contributed by atoms with Crippen molar-refractivity contribution >= 4 is 11.7 Å². The van der Waals surface area contributed by atoms with Crippen LogP contribution in [0.15, 0.2) is 55.0 Å². The number of nitrogens with zero attached hydrogens (tertiary/aromatic N) is 3. The van der Waals surface area contributed by atoms with E-state index >= 15 is 0 Å². The third kappa shape index (κ3) is 4.32. The van der Waals surface area contributed by atoms with E-state index in [2.05, 4.69) is 20.7 Å². The number of fused-ring (bicyclic) bond motifs is 1. The van der Waals surface area contributed by atoms with Gasteiger partial charge in [-0.3, -0.25) is 9.78 Å². The van der Waals surface area contributed by atoms with Crippen LogP contribution in [0.25, 0.3) is 0 Å². The van der Waals surface area contributed by atoms with Crippen LogP contribution in [0, 0.1) is 0 Å². The van der Waals surface area contributed by atoms with Gasteiger partial charge in [-0.1, -0.05) is 18.2 Å². The fourth-order valence-corrected chi connectivity index (χ4v) is 3.59. The molecule has 1 aliphatic heterocycles. The van der Waals surface area contributed by atoms with E-state index in [4.69, 9.17) is 4.74 Å². The van der Waals surface area contributed by atoms with E-state index in [1.54, 1.807) is 48.8 Å². The molecule has 4 rings (SSSR count). The molecule has 10 heteroatoms. The van der Waals surface area contributed by atoms with Gasteiger partial charge >= 0.3 is 6.18 Å². The van der Waals surface area contributed by atoms with Crippen molar-refractivity contribution in [1.29, 1.82) is 0 Å². The number of alkyl halides is 3. The Morgan fingerprint density at radius 3 is 2.84 bits per heavy atom. The predicted octanol–water partition coefficient (Wildman–Crippen LogP) is 3.88. The summed E-state index contributed by atoms with van der Waals surface area (Å²) in [4.78, 5) is 16.7. The molecule has 31 heavy (non-hydrogen) atoms. The van der Waals surface area contributed by atoms with Gasteiger partial charge in [-0.15, -0.1) is 0 Å². The van der Waals surface area contributed by atoms with Crippen molar-refractivity contribution in [3.8, 4) is 5.75 Å². The Balaban J connectivity index is 1.63. The molecule has 2 aromatic heterocycles. The second kappa shape index (κ2) is 8.29. The SMILES string of the molecule is COc1cccc([C@H]2C[C@H](C(F)(F)F)n3ncc(C(=O)NCc4cccnc4)c3N2)c1. The second-order valence-electron chi connectivity index (χ2n) is 7.16. The molecule has 1 amide bonds. The Morgan fingerprint density at radius 1 is 1.29 bits per heavy atom. The van der Waals surface area contributed by atoms with E-state index in [0.29, 0.717) is 11.3 Å². The van der Waals surface area contributed by atoms with Gasteiger partial charge < -0.3 is 15.4 Å². The van der Waals surface area contributed by atoms with Crippen molar-refractivity contribution in [2.45, 2.75) is 31.2 Å². The number of aromatic nitrogens is 3. The van der Waals surface area contributed by atoms with E-state index in [1.165, 1.54) is 7.11 Å². The number of pyridine rings is 1. The molecule has 0 aliphatic carbocycles. The molecule has 0 radical (unpaired) electrons. The van der Waals surface area contributed by atoms with Crippen LogP contribution < -0.4 is 15.4 Å². The van der Waals surface area contributed by atoms with E-state index < -0.39 is 24.2 Å². The van der Waals surface area contributed by atoms with Gasteiger partial charge in [0, 0.05) is 25.4 Å². The van der Waals surface area contributed by atoms with Crippen molar-refractivity contribution in [3.63, 3.8) is 0 Å². The van der Waals surface area contributed by atoms with Crippen LogP contribution in [0.4, 0.5) is 19.0 Å². The first kappa shape index (κ1) is 20.7. The number of hydrogen-bond donors (Lipinski definition) is 2. The number of halogens is 3. The lowest BCUT2D eigenvalue weighted by Crippen LogP contribution is -2.36. The van der Waals surface area contributed by atoms with Gasteiger partial charge in [0.05, 0.1) is 19.3 Å². The molecule has 3 aromatic rings. The first-order valence-electron chi connectivity index (χ1n) is 9.58. The van der Waals surface area contributed by atoms with Gasteiger partial charge in [-0.05, 0) is 29.3 Å². The molecule has 0 fully saturated rings. The van der Waals surface area contributed by atoms with E-state index in [0.717, 1.165) is 16.4 Å². The Labute approximate surface area is 176 Å². The number of amides is 1. The van der Waals surface area contributed by atoms with Crippen LogP contribution in [0.2, 0.25) is 0 Å². The lowest BCUT2D eigenvalue weighted by atomic mass is 9.96. The van der Waals surface area contributed by atoms with Crippen molar-refractivity contribution in [3.05, 3.63) is 71.7 Å². The normalized spacial score (nSPS) is 18.1. The minimum absolute atomic E-state index is 0.0325. The summed E-state index contributed by atoms with van der Waals surface area (Å²) in [5.41, 5.74) is 1.45. The van der Waals surface area contributed by atoms with E-state index in [9.17, 15) is 18.0 Å². The number of hydrogen-bond acceptors (Lipinski definition) is 5. The minimum Gasteiger partial charge on any atom is -0.497 e. The molecule has 0 spiro atoms. The van der Waals surface area contributed by atoms with Gasteiger partial charge in [0.15, 0.2) is 6.04 Å². The zero-order valence-corrected chi connectivity index (χ0v) is 16.6.